The molecule has 86 valence electrons. The first-order chi connectivity index (χ1) is 7.36. The van der Waals surface area contributed by atoms with Crippen LogP contribution in [0.2, 0.25) is 0 Å². The molecule has 0 aromatic carbocycles. The molecule has 2 N–H and O–H groups in total. The van der Waals surface area contributed by atoms with E-state index < -0.39 is 0 Å². The van der Waals surface area contributed by atoms with Gasteiger partial charge in [-0.3, -0.25) is 4.79 Å². The van der Waals surface area contributed by atoms with Crippen molar-refractivity contribution in [3.8, 4) is 0 Å². The first kappa shape index (κ1) is 10.9. The highest BCUT2D eigenvalue weighted by Crippen LogP contribution is 2.28. The van der Waals surface area contributed by atoms with Crippen molar-refractivity contribution in [1.29, 1.82) is 0 Å². The van der Waals surface area contributed by atoms with Gasteiger partial charge in [0.2, 0.25) is 5.91 Å². The Morgan fingerprint density at radius 3 is 2.93 bits per heavy atom. The van der Waals surface area contributed by atoms with Crippen molar-refractivity contribution in [3.63, 3.8) is 0 Å². The van der Waals surface area contributed by atoms with Crippen LogP contribution >= 0.6 is 0 Å². The van der Waals surface area contributed by atoms with Crippen molar-refractivity contribution in [3.05, 3.63) is 0 Å². The fourth-order valence-electron chi connectivity index (χ4n) is 1.81. The average molecular weight is 212 g/mol. The van der Waals surface area contributed by atoms with Gasteiger partial charge in [-0.05, 0) is 38.1 Å². The second-order valence-electron chi connectivity index (χ2n) is 4.46. The number of amides is 1. The molecule has 0 unspecified atom stereocenters. The van der Waals surface area contributed by atoms with Gasteiger partial charge in [0.15, 0.2) is 0 Å². The lowest BCUT2D eigenvalue weighted by Gasteiger charge is -2.10. The van der Waals surface area contributed by atoms with E-state index in [2.05, 4.69) is 10.6 Å². The number of hydrogen-bond acceptors (Lipinski definition) is 3. The summed E-state index contributed by atoms with van der Waals surface area (Å²) in [6.45, 7) is 3.13. The Hall–Kier alpha value is -0.610. The Morgan fingerprint density at radius 2 is 2.27 bits per heavy atom. The molecule has 0 aromatic heterocycles. The van der Waals surface area contributed by atoms with Crippen molar-refractivity contribution >= 4 is 5.91 Å². The molecule has 1 heterocycles. The van der Waals surface area contributed by atoms with E-state index in [4.69, 9.17) is 4.74 Å². The molecule has 0 spiro atoms. The van der Waals surface area contributed by atoms with Gasteiger partial charge in [-0.15, -0.1) is 0 Å². The van der Waals surface area contributed by atoms with Crippen molar-refractivity contribution in [2.45, 2.75) is 31.7 Å². The van der Waals surface area contributed by atoms with Gasteiger partial charge in [-0.25, -0.2) is 0 Å². The first-order valence-electron chi connectivity index (χ1n) is 5.95. The maximum absolute atomic E-state index is 11.5. The molecule has 2 aliphatic rings. The van der Waals surface area contributed by atoms with E-state index in [9.17, 15) is 4.79 Å². The van der Waals surface area contributed by atoms with Crippen LogP contribution in [-0.4, -0.2) is 38.3 Å². The van der Waals surface area contributed by atoms with Gasteiger partial charge < -0.3 is 15.4 Å². The standard InChI is InChI=1S/C11H20N2O2/c14-11(10-2-1-5-12-10)13-6-7-15-8-9-3-4-9/h9-10,12H,1-8H2,(H,13,14)/t10-/m0/s1. The fraction of sp³-hybridized carbons (Fsp3) is 0.909. The molecule has 1 saturated carbocycles. The summed E-state index contributed by atoms with van der Waals surface area (Å²) in [6.07, 6.45) is 4.71. The first-order valence-corrected chi connectivity index (χ1v) is 5.95. The predicted octanol–water partition coefficient (Wildman–Crippen LogP) is 0.281. The zero-order chi connectivity index (χ0) is 10.5. The van der Waals surface area contributed by atoms with Crippen LogP contribution in [0.3, 0.4) is 0 Å². The Balaban J connectivity index is 1.46. The molecule has 1 amide bonds. The van der Waals surface area contributed by atoms with Crippen molar-refractivity contribution in [2.24, 2.45) is 5.92 Å². The van der Waals surface area contributed by atoms with Gasteiger partial charge in [0, 0.05) is 13.2 Å². The monoisotopic (exact) mass is 212 g/mol. The van der Waals surface area contributed by atoms with Crippen LogP contribution in [0.25, 0.3) is 0 Å². The van der Waals surface area contributed by atoms with Crippen LogP contribution in [0.15, 0.2) is 0 Å². The lowest BCUT2D eigenvalue weighted by atomic mass is 10.2. The van der Waals surface area contributed by atoms with E-state index in [0.717, 1.165) is 31.9 Å². The van der Waals surface area contributed by atoms with E-state index in [0.29, 0.717) is 13.2 Å². The second kappa shape index (κ2) is 5.47. The van der Waals surface area contributed by atoms with Gasteiger partial charge in [-0.2, -0.15) is 0 Å². The summed E-state index contributed by atoms with van der Waals surface area (Å²) >= 11 is 0. The number of carbonyl (C=O) groups excluding carboxylic acids is 1. The lowest BCUT2D eigenvalue weighted by molar-refractivity contribution is -0.123. The molecule has 4 nitrogen and oxygen atoms in total. The molecule has 0 radical (unpaired) electrons. The molecule has 1 aliphatic heterocycles. The zero-order valence-electron chi connectivity index (χ0n) is 9.13. The van der Waals surface area contributed by atoms with Crippen molar-refractivity contribution < 1.29 is 9.53 Å². The highest BCUT2D eigenvalue weighted by molar-refractivity contribution is 5.81. The summed E-state index contributed by atoms with van der Waals surface area (Å²) in [7, 11) is 0. The smallest absolute Gasteiger partial charge is 0.237 e. The van der Waals surface area contributed by atoms with Crippen molar-refractivity contribution in [1.82, 2.24) is 10.6 Å². The number of nitrogens with one attached hydrogen (secondary N) is 2. The molecule has 2 rings (SSSR count). The molecule has 4 heteroatoms. The molecule has 1 aliphatic carbocycles. The van der Waals surface area contributed by atoms with Crippen molar-refractivity contribution in [2.75, 3.05) is 26.3 Å². The topological polar surface area (TPSA) is 50.4 Å². The third-order valence-corrected chi connectivity index (χ3v) is 2.97. The average Bonchev–Trinajstić information content (AvgIpc) is 2.90. The van der Waals surface area contributed by atoms with E-state index in [1.807, 2.05) is 0 Å². The maximum atomic E-state index is 11.5. The highest BCUT2D eigenvalue weighted by Gasteiger charge is 2.22. The maximum Gasteiger partial charge on any atom is 0.237 e. The predicted molar refractivity (Wildman–Crippen MR) is 57.6 cm³/mol. The zero-order valence-corrected chi connectivity index (χ0v) is 9.13. The van der Waals surface area contributed by atoms with Crippen LogP contribution in [0.1, 0.15) is 25.7 Å². The van der Waals surface area contributed by atoms with Crippen LogP contribution in [-0.2, 0) is 9.53 Å². The largest absolute Gasteiger partial charge is 0.379 e. The van der Waals surface area contributed by atoms with Crippen LogP contribution < -0.4 is 10.6 Å². The Labute approximate surface area is 90.8 Å². The highest BCUT2D eigenvalue weighted by atomic mass is 16.5. The molecular weight excluding hydrogens is 192 g/mol. The van der Waals surface area contributed by atoms with E-state index >= 15 is 0 Å². The second-order valence-corrected chi connectivity index (χ2v) is 4.46. The van der Waals surface area contributed by atoms with Crippen LogP contribution in [0.4, 0.5) is 0 Å². The summed E-state index contributed by atoms with van der Waals surface area (Å²) in [6, 6.07) is 0.0356. The van der Waals surface area contributed by atoms with E-state index in [1.165, 1.54) is 12.8 Å². The van der Waals surface area contributed by atoms with E-state index in [1.54, 1.807) is 0 Å². The Kier molecular flexibility index (Phi) is 3.97. The molecule has 0 aromatic rings. The summed E-state index contributed by atoms with van der Waals surface area (Å²) in [5.74, 6) is 0.930. The molecule has 1 atom stereocenters. The minimum Gasteiger partial charge on any atom is -0.379 e. The molecule has 0 bridgehead atoms. The summed E-state index contributed by atoms with van der Waals surface area (Å²) < 4.78 is 5.44. The Morgan fingerprint density at radius 1 is 1.40 bits per heavy atom. The summed E-state index contributed by atoms with van der Waals surface area (Å²) in [5, 5.41) is 6.06. The van der Waals surface area contributed by atoms with Gasteiger partial charge >= 0.3 is 0 Å². The quantitative estimate of drug-likeness (QED) is 0.622. The van der Waals surface area contributed by atoms with Gasteiger partial charge in [-0.1, -0.05) is 0 Å². The fourth-order valence-corrected chi connectivity index (χ4v) is 1.81. The van der Waals surface area contributed by atoms with Gasteiger partial charge in [0.25, 0.3) is 0 Å². The SMILES string of the molecule is O=C(NCCOCC1CC1)[C@@H]1CCCN1. The third kappa shape index (κ3) is 3.80. The molecule has 1 saturated heterocycles. The number of hydrogen-bond donors (Lipinski definition) is 2. The minimum atomic E-state index is 0.0356. The number of carbonyl (C=O) groups is 1. The van der Waals surface area contributed by atoms with Crippen LogP contribution in [0, 0.1) is 5.92 Å². The van der Waals surface area contributed by atoms with Gasteiger partial charge in [0.1, 0.15) is 0 Å². The summed E-state index contributed by atoms with van der Waals surface area (Å²) in [5.41, 5.74) is 0. The van der Waals surface area contributed by atoms with Gasteiger partial charge in [0.05, 0.1) is 12.6 Å². The molecular formula is C11H20N2O2. The Bertz CT molecular complexity index is 211. The van der Waals surface area contributed by atoms with Crippen LogP contribution in [0.5, 0.6) is 0 Å². The molecule has 15 heavy (non-hydrogen) atoms. The minimum absolute atomic E-state index is 0.0356. The van der Waals surface area contributed by atoms with E-state index in [-0.39, 0.29) is 11.9 Å². The number of ether oxygens (including phenoxy) is 1. The lowest BCUT2D eigenvalue weighted by Crippen LogP contribution is -2.41. The number of rotatable bonds is 6. The summed E-state index contributed by atoms with van der Waals surface area (Å²) in [4.78, 5) is 11.5. The molecule has 2 fully saturated rings. The third-order valence-electron chi connectivity index (χ3n) is 2.97. The normalized spacial score (nSPS) is 25.5.